The SMILES string of the molecule is CC=CCCc1ccccc1N=C(C#CCCCCCC)C(CCCCCCCC)=Nc1ccccc1CCC=CC.[Ni]. The van der Waals surface area contributed by atoms with Crippen molar-refractivity contribution in [1.82, 2.24) is 0 Å². The van der Waals surface area contributed by atoms with Crippen molar-refractivity contribution >= 4 is 22.8 Å². The maximum Gasteiger partial charge on any atom is 0.135 e. The maximum atomic E-state index is 5.35. The molecule has 2 nitrogen and oxygen atoms in total. The third-order valence-electron chi connectivity index (χ3n) is 7.51. The number of aryl methyl sites for hydroxylation is 2. The van der Waals surface area contributed by atoms with Gasteiger partial charge < -0.3 is 0 Å². The van der Waals surface area contributed by atoms with Crippen LogP contribution in [0.3, 0.4) is 0 Å². The quantitative estimate of drug-likeness (QED) is 0.0461. The van der Waals surface area contributed by atoms with Gasteiger partial charge in [-0.2, -0.15) is 0 Å². The van der Waals surface area contributed by atoms with E-state index in [2.05, 4.69) is 112 Å². The molecule has 2 aromatic rings. The van der Waals surface area contributed by atoms with E-state index >= 15 is 0 Å². The predicted octanol–water partition coefficient (Wildman–Crippen LogP) is 12.3. The molecule has 0 saturated heterocycles. The summed E-state index contributed by atoms with van der Waals surface area (Å²) in [6.45, 7) is 8.70. The second-order valence-corrected chi connectivity index (χ2v) is 11.1. The fourth-order valence-electron chi connectivity index (χ4n) is 4.99. The third kappa shape index (κ3) is 16.7. The van der Waals surface area contributed by atoms with E-state index in [1.165, 1.54) is 62.5 Å². The van der Waals surface area contributed by atoms with Gasteiger partial charge in [0, 0.05) is 22.9 Å². The summed E-state index contributed by atoms with van der Waals surface area (Å²) in [7, 11) is 0. The molecule has 0 aliphatic heterocycles. The van der Waals surface area contributed by atoms with Gasteiger partial charge >= 0.3 is 0 Å². The molecule has 0 saturated carbocycles. The molecule has 0 spiro atoms. The Hall–Kier alpha value is -2.69. The van der Waals surface area contributed by atoms with Crippen LogP contribution >= 0.6 is 0 Å². The molecule has 0 amide bonds. The first-order valence-corrected chi connectivity index (χ1v) is 16.8. The third-order valence-corrected chi connectivity index (χ3v) is 7.51. The zero-order chi connectivity index (χ0) is 30.1. The van der Waals surface area contributed by atoms with Crippen molar-refractivity contribution in [1.29, 1.82) is 0 Å². The average molecular weight is 624 g/mol. The van der Waals surface area contributed by atoms with E-state index in [1.807, 2.05) is 0 Å². The molecular weight excluding hydrogens is 567 g/mol. The molecule has 0 fully saturated rings. The minimum absolute atomic E-state index is 0. The molecule has 236 valence electrons. The summed E-state index contributed by atoms with van der Waals surface area (Å²) in [6, 6.07) is 17.2. The van der Waals surface area contributed by atoms with Crippen molar-refractivity contribution in [2.45, 2.75) is 130 Å². The van der Waals surface area contributed by atoms with E-state index < -0.39 is 0 Å². The Bertz CT molecular complexity index is 1190. The molecular formula is C40H56N2Ni. The number of para-hydroxylation sites is 2. The molecule has 0 aliphatic carbocycles. The molecule has 0 bridgehead atoms. The van der Waals surface area contributed by atoms with Gasteiger partial charge in [-0.3, -0.25) is 4.99 Å². The van der Waals surface area contributed by atoms with Crippen LogP contribution in [-0.2, 0) is 29.3 Å². The van der Waals surface area contributed by atoms with Crippen LogP contribution in [0.2, 0.25) is 0 Å². The fourth-order valence-corrected chi connectivity index (χ4v) is 4.99. The summed E-state index contributed by atoms with van der Waals surface area (Å²) < 4.78 is 0. The number of hydrogen-bond donors (Lipinski definition) is 0. The van der Waals surface area contributed by atoms with Gasteiger partial charge in [0.2, 0.25) is 0 Å². The number of nitrogens with zero attached hydrogens (tertiary/aromatic N) is 2. The molecule has 0 N–H and O–H groups in total. The number of aliphatic imine (C=N–C) groups is 2. The van der Waals surface area contributed by atoms with E-state index in [-0.39, 0.29) is 16.5 Å². The first-order valence-electron chi connectivity index (χ1n) is 16.8. The summed E-state index contributed by atoms with van der Waals surface area (Å²) in [6.07, 6.45) is 26.9. The predicted molar refractivity (Wildman–Crippen MR) is 188 cm³/mol. The number of hydrogen-bond acceptors (Lipinski definition) is 2. The van der Waals surface area contributed by atoms with Crippen LogP contribution in [0.4, 0.5) is 11.4 Å². The van der Waals surface area contributed by atoms with Gasteiger partial charge in [-0.25, -0.2) is 4.99 Å². The van der Waals surface area contributed by atoms with Gasteiger partial charge in [-0.05, 0) is 88.0 Å². The fraction of sp³-hybridized carbons (Fsp3) is 0.500. The van der Waals surface area contributed by atoms with Crippen molar-refractivity contribution in [3.63, 3.8) is 0 Å². The Morgan fingerprint density at radius 1 is 0.651 bits per heavy atom. The number of unbranched alkanes of at least 4 members (excludes halogenated alkanes) is 9. The van der Waals surface area contributed by atoms with Crippen molar-refractivity contribution < 1.29 is 16.5 Å². The van der Waals surface area contributed by atoms with Gasteiger partial charge in [0.25, 0.3) is 0 Å². The van der Waals surface area contributed by atoms with Crippen molar-refractivity contribution in [3.8, 4) is 11.8 Å². The van der Waals surface area contributed by atoms with Crippen molar-refractivity contribution in [3.05, 3.63) is 84.0 Å². The Balaban J connectivity index is 0.00000924. The summed E-state index contributed by atoms with van der Waals surface area (Å²) in [5.41, 5.74) is 6.52. The Morgan fingerprint density at radius 3 is 1.74 bits per heavy atom. The van der Waals surface area contributed by atoms with E-state index in [1.54, 1.807) is 0 Å². The summed E-state index contributed by atoms with van der Waals surface area (Å²) >= 11 is 0. The average Bonchev–Trinajstić information content (AvgIpc) is 3.01. The first kappa shape index (κ1) is 38.3. The minimum Gasteiger partial charge on any atom is -0.250 e. The van der Waals surface area contributed by atoms with Crippen LogP contribution in [0.25, 0.3) is 0 Å². The molecule has 0 atom stereocenters. The van der Waals surface area contributed by atoms with Gasteiger partial charge in [0.05, 0.1) is 17.1 Å². The van der Waals surface area contributed by atoms with E-state index in [4.69, 9.17) is 9.98 Å². The second kappa shape index (κ2) is 25.8. The van der Waals surface area contributed by atoms with Gasteiger partial charge in [-0.15, -0.1) is 0 Å². The molecule has 0 radical (unpaired) electrons. The normalized spacial score (nSPS) is 12.0. The van der Waals surface area contributed by atoms with Gasteiger partial charge in [-0.1, -0.05) is 132 Å². The number of rotatable bonds is 20. The summed E-state index contributed by atoms with van der Waals surface area (Å²) in [4.78, 5) is 10.6. The zero-order valence-electron chi connectivity index (χ0n) is 27.5. The monoisotopic (exact) mass is 622 g/mol. The second-order valence-electron chi connectivity index (χ2n) is 11.1. The largest absolute Gasteiger partial charge is 0.250 e. The molecule has 0 aromatic heterocycles. The summed E-state index contributed by atoms with van der Waals surface area (Å²) in [5.74, 6) is 7.03. The van der Waals surface area contributed by atoms with Gasteiger partial charge in [0.15, 0.2) is 0 Å². The molecule has 2 aromatic carbocycles. The van der Waals surface area contributed by atoms with Crippen LogP contribution in [0.15, 0.2) is 82.8 Å². The van der Waals surface area contributed by atoms with Gasteiger partial charge in [0.1, 0.15) is 5.71 Å². The first-order chi connectivity index (χ1) is 20.7. The number of benzene rings is 2. The Labute approximate surface area is 274 Å². The Morgan fingerprint density at radius 2 is 1.16 bits per heavy atom. The topological polar surface area (TPSA) is 24.7 Å². The van der Waals surface area contributed by atoms with Crippen LogP contribution in [0.1, 0.15) is 129 Å². The smallest absolute Gasteiger partial charge is 0.135 e. The van der Waals surface area contributed by atoms with Crippen LogP contribution < -0.4 is 0 Å². The summed E-state index contributed by atoms with van der Waals surface area (Å²) in [5, 5.41) is 0. The standard InChI is InChI=1S/C40H56N2.Ni/c1-5-9-13-15-17-21-33-39(41-37-31-25-23-29-35(37)27-19-11-7-3)40(34-22-18-16-14-10-6-2)42-38-32-26-24-30-36(38)28-20-12-8-4;/h7-8,11-12,23-26,29-32H,5-6,9-10,13-21,27-28,33H2,1-4H3;. The molecule has 3 heteroatoms. The molecule has 0 heterocycles. The molecule has 2 rings (SSSR count). The zero-order valence-corrected chi connectivity index (χ0v) is 28.4. The Kier molecular flexibility index (Phi) is 23.0. The molecule has 0 aliphatic rings. The van der Waals surface area contributed by atoms with E-state index in [0.717, 1.165) is 74.2 Å². The minimum atomic E-state index is 0. The molecule has 0 unspecified atom stereocenters. The van der Waals surface area contributed by atoms with E-state index in [0.29, 0.717) is 0 Å². The van der Waals surface area contributed by atoms with Crippen LogP contribution in [-0.4, -0.2) is 11.4 Å². The maximum absolute atomic E-state index is 5.35. The van der Waals surface area contributed by atoms with Crippen molar-refractivity contribution in [2.75, 3.05) is 0 Å². The van der Waals surface area contributed by atoms with Crippen LogP contribution in [0, 0.1) is 11.8 Å². The number of allylic oxidation sites excluding steroid dienone is 4. The molecule has 43 heavy (non-hydrogen) atoms. The van der Waals surface area contributed by atoms with Crippen LogP contribution in [0.5, 0.6) is 0 Å². The van der Waals surface area contributed by atoms with E-state index in [9.17, 15) is 0 Å². The van der Waals surface area contributed by atoms with Crippen molar-refractivity contribution in [2.24, 2.45) is 9.98 Å².